The molecule has 0 aliphatic heterocycles. The maximum atomic E-state index is 2.29. The molecule has 0 amide bonds. The highest BCUT2D eigenvalue weighted by Gasteiger charge is 2.08. The van der Waals surface area contributed by atoms with E-state index < -0.39 is 0 Å². The number of aryl methyl sites for hydroxylation is 1. The highest BCUT2D eigenvalue weighted by Crippen LogP contribution is 2.35. The maximum absolute atomic E-state index is 2.29. The Morgan fingerprint density at radius 1 is 0.667 bits per heavy atom. The van der Waals surface area contributed by atoms with Crippen molar-refractivity contribution in [3.05, 3.63) is 84.2 Å². The predicted octanol–water partition coefficient (Wildman–Crippen LogP) is 6.09. The van der Waals surface area contributed by atoms with E-state index in [4.69, 9.17) is 0 Å². The molecule has 0 saturated carbocycles. The third kappa shape index (κ3) is 1.95. The van der Waals surface area contributed by atoms with Crippen molar-refractivity contribution in [1.29, 1.82) is 0 Å². The molecule has 0 unspecified atom stereocenters. The Hall–Kier alpha value is -3.06. The zero-order valence-electron chi connectivity index (χ0n) is 13.5. The van der Waals surface area contributed by atoms with Crippen molar-refractivity contribution in [1.82, 2.24) is 4.57 Å². The maximum Gasteiger partial charge on any atom is 0.0404 e. The van der Waals surface area contributed by atoms with Crippen molar-refractivity contribution >= 4 is 44.5 Å². The SMILES string of the molecule is Cn1cccc1/C=C/c1cc2ccc3cccc4ccc(c1)c2c34. The molecule has 1 nitrogen and oxygen atoms in total. The lowest BCUT2D eigenvalue weighted by Gasteiger charge is -2.11. The van der Waals surface area contributed by atoms with E-state index in [0.717, 1.165) is 0 Å². The quantitative estimate of drug-likeness (QED) is 0.348. The normalized spacial score (nSPS) is 12.2. The molecule has 0 aliphatic carbocycles. The van der Waals surface area contributed by atoms with E-state index in [1.54, 1.807) is 0 Å². The Bertz CT molecular complexity index is 1140. The highest BCUT2D eigenvalue weighted by molar-refractivity contribution is 6.23. The number of nitrogens with zero attached hydrogens (tertiary/aromatic N) is 1. The molecule has 1 heteroatoms. The minimum Gasteiger partial charge on any atom is -0.351 e. The minimum atomic E-state index is 1.21. The lowest BCUT2D eigenvalue weighted by molar-refractivity contribution is 0.915. The molecule has 4 aromatic carbocycles. The van der Waals surface area contributed by atoms with Crippen LogP contribution in [0.15, 0.2) is 72.9 Å². The fraction of sp³-hybridized carbons (Fsp3) is 0.0435. The lowest BCUT2D eigenvalue weighted by atomic mass is 9.93. The number of hydrogen-bond acceptors (Lipinski definition) is 0. The molecule has 0 aliphatic rings. The number of benzene rings is 4. The molecule has 114 valence electrons. The third-order valence-corrected chi connectivity index (χ3v) is 4.92. The molecule has 0 radical (unpaired) electrons. The molecule has 0 saturated heterocycles. The van der Waals surface area contributed by atoms with Gasteiger partial charge in [-0.1, -0.05) is 48.5 Å². The Balaban J connectivity index is 1.75. The number of rotatable bonds is 2. The Kier molecular flexibility index (Phi) is 2.77. The fourth-order valence-corrected chi connectivity index (χ4v) is 3.70. The van der Waals surface area contributed by atoms with Crippen molar-refractivity contribution < 1.29 is 0 Å². The first kappa shape index (κ1) is 13.4. The lowest BCUT2D eigenvalue weighted by Crippen LogP contribution is -1.87. The van der Waals surface area contributed by atoms with Gasteiger partial charge in [-0.05, 0) is 68.2 Å². The van der Waals surface area contributed by atoms with Gasteiger partial charge in [-0.25, -0.2) is 0 Å². The summed E-state index contributed by atoms with van der Waals surface area (Å²) < 4.78 is 2.13. The van der Waals surface area contributed by atoms with Crippen molar-refractivity contribution in [3.63, 3.8) is 0 Å². The van der Waals surface area contributed by atoms with Gasteiger partial charge in [0.1, 0.15) is 0 Å². The number of aromatic nitrogens is 1. The van der Waals surface area contributed by atoms with Crippen LogP contribution in [0.5, 0.6) is 0 Å². The van der Waals surface area contributed by atoms with Crippen LogP contribution in [-0.2, 0) is 7.05 Å². The van der Waals surface area contributed by atoms with Crippen LogP contribution in [-0.4, -0.2) is 4.57 Å². The summed E-state index contributed by atoms with van der Waals surface area (Å²) >= 11 is 0. The van der Waals surface area contributed by atoms with Crippen LogP contribution in [0, 0.1) is 0 Å². The molecule has 0 atom stereocenters. The topological polar surface area (TPSA) is 4.93 Å². The van der Waals surface area contributed by atoms with Gasteiger partial charge in [-0.3, -0.25) is 0 Å². The largest absolute Gasteiger partial charge is 0.351 e. The van der Waals surface area contributed by atoms with Gasteiger partial charge in [0, 0.05) is 18.9 Å². The van der Waals surface area contributed by atoms with Gasteiger partial charge in [0.25, 0.3) is 0 Å². The molecular formula is C23H17N. The van der Waals surface area contributed by atoms with Crippen LogP contribution in [0.1, 0.15) is 11.3 Å². The average Bonchev–Trinajstić information content (AvgIpc) is 3.03. The van der Waals surface area contributed by atoms with Crippen LogP contribution in [0.4, 0.5) is 0 Å². The Morgan fingerprint density at radius 2 is 1.29 bits per heavy atom. The van der Waals surface area contributed by atoms with Gasteiger partial charge in [0.05, 0.1) is 0 Å². The third-order valence-electron chi connectivity index (χ3n) is 4.92. The summed E-state index contributed by atoms with van der Waals surface area (Å²) in [5.41, 5.74) is 2.45. The Morgan fingerprint density at radius 3 is 1.92 bits per heavy atom. The summed E-state index contributed by atoms with van der Waals surface area (Å²) in [6.45, 7) is 0. The van der Waals surface area contributed by atoms with E-state index in [1.807, 2.05) is 0 Å². The van der Waals surface area contributed by atoms with E-state index in [0.29, 0.717) is 0 Å². The summed E-state index contributed by atoms with van der Waals surface area (Å²) in [6, 6.07) is 24.2. The molecule has 5 rings (SSSR count). The summed E-state index contributed by atoms with van der Waals surface area (Å²) in [6.07, 6.45) is 6.44. The van der Waals surface area contributed by atoms with Gasteiger partial charge < -0.3 is 4.57 Å². The second kappa shape index (κ2) is 4.97. The number of hydrogen-bond donors (Lipinski definition) is 0. The molecular weight excluding hydrogens is 290 g/mol. The second-order valence-electron chi connectivity index (χ2n) is 6.43. The molecule has 5 aromatic rings. The first-order chi connectivity index (χ1) is 11.8. The molecule has 0 fully saturated rings. The van der Waals surface area contributed by atoms with E-state index in [2.05, 4.69) is 96.7 Å². The van der Waals surface area contributed by atoms with E-state index in [-0.39, 0.29) is 0 Å². The zero-order valence-corrected chi connectivity index (χ0v) is 13.5. The van der Waals surface area contributed by atoms with Gasteiger partial charge in [0.15, 0.2) is 0 Å². The van der Waals surface area contributed by atoms with Crippen LogP contribution in [0.3, 0.4) is 0 Å². The van der Waals surface area contributed by atoms with E-state index in [1.165, 1.54) is 43.6 Å². The van der Waals surface area contributed by atoms with Gasteiger partial charge in [-0.2, -0.15) is 0 Å². The molecule has 1 heterocycles. The Labute approximate surface area is 140 Å². The van der Waals surface area contributed by atoms with Crippen molar-refractivity contribution in [2.24, 2.45) is 7.05 Å². The average molecular weight is 307 g/mol. The predicted molar refractivity (Wildman–Crippen MR) is 104 cm³/mol. The zero-order chi connectivity index (χ0) is 16.1. The molecule has 0 N–H and O–H groups in total. The molecule has 0 spiro atoms. The summed E-state index contributed by atoms with van der Waals surface area (Å²) in [4.78, 5) is 0. The molecule has 1 aromatic heterocycles. The standard InChI is InChI=1S/C23H17N/c1-24-13-3-6-21(24)12-7-16-14-19-10-8-17-4-2-5-18-9-11-20(15-16)23(19)22(17)18/h2-15H,1H3/b12-7+. The second-order valence-corrected chi connectivity index (χ2v) is 6.43. The van der Waals surface area contributed by atoms with Crippen molar-refractivity contribution in [3.8, 4) is 0 Å². The van der Waals surface area contributed by atoms with Gasteiger partial charge >= 0.3 is 0 Å². The smallest absolute Gasteiger partial charge is 0.0404 e. The summed E-state index contributed by atoms with van der Waals surface area (Å²) in [5, 5.41) is 8.01. The van der Waals surface area contributed by atoms with E-state index >= 15 is 0 Å². The van der Waals surface area contributed by atoms with Crippen molar-refractivity contribution in [2.75, 3.05) is 0 Å². The fourth-order valence-electron chi connectivity index (χ4n) is 3.70. The monoisotopic (exact) mass is 307 g/mol. The first-order valence-corrected chi connectivity index (χ1v) is 8.27. The summed E-state index contributed by atoms with van der Waals surface area (Å²) in [7, 11) is 2.07. The highest BCUT2D eigenvalue weighted by atomic mass is 14.9. The van der Waals surface area contributed by atoms with Crippen LogP contribution in [0.25, 0.3) is 44.5 Å². The van der Waals surface area contributed by atoms with Gasteiger partial charge in [0.2, 0.25) is 0 Å². The van der Waals surface area contributed by atoms with E-state index in [9.17, 15) is 0 Å². The van der Waals surface area contributed by atoms with Crippen LogP contribution in [0.2, 0.25) is 0 Å². The van der Waals surface area contributed by atoms with Crippen molar-refractivity contribution in [2.45, 2.75) is 0 Å². The minimum absolute atomic E-state index is 1.21. The molecule has 24 heavy (non-hydrogen) atoms. The molecule has 0 bridgehead atoms. The first-order valence-electron chi connectivity index (χ1n) is 8.27. The van der Waals surface area contributed by atoms with Gasteiger partial charge in [-0.15, -0.1) is 0 Å². The van der Waals surface area contributed by atoms with Crippen LogP contribution >= 0.6 is 0 Å². The van der Waals surface area contributed by atoms with Crippen LogP contribution < -0.4 is 0 Å². The summed E-state index contributed by atoms with van der Waals surface area (Å²) in [5.74, 6) is 0.